The Hall–Kier alpha value is -1.33. The van der Waals surface area contributed by atoms with E-state index in [1.807, 2.05) is 6.07 Å². The summed E-state index contributed by atoms with van der Waals surface area (Å²) in [7, 11) is 0. The van der Waals surface area contributed by atoms with Crippen LogP contribution in [0.15, 0.2) is 28.8 Å². The van der Waals surface area contributed by atoms with Crippen LogP contribution in [0.2, 0.25) is 0 Å². The van der Waals surface area contributed by atoms with E-state index in [9.17, 15) is 0 Å². The highest BCUT2D eigenvalue weighted by Crippen LogP contribution is 2.15. The highest BCUT2D eigenvalue weighted by atomic mass is 32.2. The topological polar surface area (TPSA) is 64.9 Å². The molecule has 0 aliphatic carbocycles. The van der Waals surface area contributed by atoms with Crippen molar-refractivity contribution in [3.05, 3.63) is 47.1 Å². The molecule has 4 nitrogen and oxygen atoms in total. The summed E-state index contributed by atoms with van der Waals surface area (Å²) in [6.45, 7) is 2.07. The monoisotopic (exact) mass is 277 g/mol. The van der Waals surface area contributed by atoms with Crippen LogP contribution in [0.1, 0.15) is 35.3 Å². The molecule has 0 saturated carbocycles. The van der Waals surface area contributed by atoms with Gasteiger partial charge in [0.1, 0.15) is 0 Å². The minimum atomic E-state index is -0.161. The standard InChI is InChI=1S/C14H19N3OS/c1-10-4-3-5-11(8-10)9-13-16-14(18-17-13)12(15)6-7-19-2/h3-5,8,12H,6-7,9,15H2,1-2H3. The van der Waals surface area contributed by atoms with Gasteiger partial charge in [-0.3, -0.25) is 0 Å². The number of hydrogen-bond donors (Lipinski definition) is 1. The Balaban J connectivity index is 2.01. The lowest BCUT2D eigenvalue weighted by Crippen LogP contribution is -2.11. The SMILES string of the molecule is CSCCC(N)c1nc(Cc2cccc(C)c2)no1. The summed E-state index contributed by atoms with van der Waals surface area (Å²) in [5, 5.41) is 4.00. The van der Waals surface area contributed by atoms with Gasteiger partial charge in [0, 0.05) is 6.42 Å². The maximum Gasteiger partial charge on any atom is 0.243 e. The molecule has 2 rings (SSSR count). The summed E-state index contributed by atoms with van der Waals surface area (Å²) < 4.78 is 5.23. The molecule has 0 aliphatic rings. The number of benzene rings is 1. The summed E-state index contributed by atoms with van der Waals surface area (Å²) in [6, 6.07) is 8.14. The van der Waals surface area contributed by atoms with Crippen molar-refractivity contribution in [3.63, 3.8) is 0 Å². The van der Waals surface area contributed by atoms with Crippen molar-refractivity contribution in [3.8, 4) is 0 Å². The fourth-order valence-electron chi connectivity index (χ4n) is 1.86. The minimum Gasteiger partial charge on any atom is -0.338 e. The molecule has 2 N–H and O–H groups in total. The van der Waals surface area contributed by atoms with Crippen LogP contribution in [-0.4, -0.2) is 22.1 Å². The normalized spacial score (nSPS) is 12.6. The van der Waals surface area contributed by atoms with Gasteiger partial charge in [0.05, 0.1) is 6.04 Å². The van der Waals surface area contributed by atoms with Gasteiger partial charge in [0.15, 0.2) is 5.82 Å². The van der Waals surface area contributed by atoms with Gasteiger partial charge in [-0.2, -0.15) is 16.7 Å². The lowest BCUT2D eigenvalue weighted by atomic mass is 10.1. The van der Waals surface area contributed by atoms with Crippen molar-refractivity contribution >= 4 is 11.8 Å². The Morgan fingerprint density at radius 1 is 1.42 bits per heavy atom. The number of hydrogen-bond acceptors (Lipinski definition) is 5. The van der Waals surface area contributed by atoms with E-state index < -0.39 is 0 Å². The number of nitrogens with two attached hydrogens (primary N) is 1. The minimum absolute atomic E-state index is 0.161. The Morgan fingerprint density at radius 2 is 2.26 bits per heavy atom. The molecular weight excluding hydrogens is 258 g/mol. The van der Waals surface area contributed by atoms with Crippen molar-refractivity contribution in [2.24, 2.45) is 5.73 Å². The number of rotatable bonds is 6. The summed E-state index contributed by atoms with van der Waals surface area (Å²) >= 11 is 1.77. The predicted octanol–water partition coefficient (Wildman–Crippen LogP) is 2.72. The van der Waals surface area contributed by atoms with E-state index in [-0.39, 0.29) is 6.04 Å². The van der Waals surface area contributed by atoms with Crippen LogP contribution in [0.3, 0.4) is 0 Å². The molecule has 1 aromatic heterocycles. The Morgan fingerprint density at radius 3 is 3.00 bits per heavy atom. The van der Waals surface area contributed by atoms with Gasteiger partial charge in [0.25, 0.3) is 0 Å². The van der Waals surface area contributed by atoms with E-state index in [1.165, 1.54) is 11.1 Å². The molecule has 0 saturated heterocycles. The largest absolute Gasteiger partial charge is 0.338 e. The lowest BCUT2D eigenvalue weighted by Gasteiger charge is -2.03. The smallest absolute Gasteiger partial charge is 0.243 e. The number of aromatic nitrogens is 2. The van der Waals surface area contributed by atoms with Crippen LogP contribution in [0, 0.1) is 6.92 Å². The number of nitrogens with zero attached hydrogens (tertiary/aromatic N) is 2. The maximum atomic E-state index is 6.00. The first-order valence-corrected chi connectivity index (χ1v) is 7.71. The van der Waals surface area contributed by atoms with Crippen LogP contribution < -0.4 is 5.73 Å². The second-order valence-electron chi connectivity index (χ2n) is 4.60. The summed E-state index contributed by atoms with van der Waals surface area (Å²) in [4.78, 5) is 4.38. The van der Waals surface area contributed by atoms with Crippen LogP contribution in [0.5, 0.6) is 0 Å². The molecule has 0 aliphatic heterocycles. The van der Waals surface area contributed by atoms with Crippen LogP contribution in [0.25, 0.3) is 0 Å². The third-order valence-electron chi connectivity index (χ3n) is 2.88. The number of thioether (sulfide) groups is 1. The molecule has 0 fully saturated rings. The van der Waals surface area contributed by atoms with Gasteiger partial charge >= 0.3 is 0 Å². The lowest BCUT2D eigenvalue weighted by molar-refractivity contribution is 0.349. The fraction of sp³-hybridized carbons (Fsp3) is 0.429. The molecule has 2 aromatic rings. The first-order valence-electron chi connectivity index (χ1n) is 6.31. The molecule has 5 heteroatoms. The molecule has 1 heterocycles. The van der Waals surface area contributed by atoms with E-state index in [1.54, 1.807) is 11.8 Å². The summed E-state index contributed by atoms with van der Waals surface area (Å²) in [5.74, 6) is 2.23. The molecule has 1 unspecified atom stereocenters. The molecule has 0 bridgehead atoms. The van der Waals surface area contributed by atoms with E-state index >= 15 is 0 Å². The Kier molecular flexibility index (Phi) is 4.99. The van der Waals surface area contributed by atoms with Gasteiger partial charge < -0.3 is 10.3 Å². The second-order valence-corrected chi connectivity index (χ2v) is 5.59. The van der Waals surface area contributed by atoms with E-state index in [0.29, 0.717) is 18.1 Å². The molecule has 19 heavy (non-hydrogen) atoms. The van der Waals surface area contributed by atoms with Crippen LogP contribution in [0.4, 0.5) is 0 Å². The highest BCUT2D eigenvalue weighted by molar-refractivity contribution is 7.98. The van der Waals surface area contributed by atoms with E-state index in [2.05, 4.69) is 41.5 Å². The maximum absolute atomic E-state index is 6.00. The first kappa shape index (κ1) is 14.1. The first-order chi connectivity index (χ1) is 9.19. The van der Waals surface area contributed by atoms with Crippen molar-refractivity contribution < 1.29 is 4.52 Å². The van der Waals surface area contributed by atoms with Gasteiger partial charge in [-0.15, -0.1) is 0 Å². The van der Waals surface area contributed by atoms with Crippen molar-refractivity contribution in [1.82, 2.24) is 10.1 Å². The Bertz CT molecular complexity index is 527. The zero-order chi connectivity index (χ0) is 13.7. The zero-order valence-electron chi connectivity index (χ0n) is 11.3. The van der Waals surface area contributed by atoms with Crippen molar-refractivity contribution in [2.75, 3.05) is 12.0 Å². The molecular formula is C14H19N3OS. The molecule has 1 aromatic carbocycles. The molecule has 0 amide bonds. The summed E-state index contributed by atoms with van der Waals surface area (Å²) in [6.07, 6.45) is 3.59. The van der Waals surface area contributed by atoms with E-state index in [0.717, 1.165) is 12.2 Å². The van der Waals surface area contributed by atoms with Crippen molar-refractivity contribution in [1.29, 1.82) is 0 Å². The Labute approximate surface area is 117 Å². The molecule has 0 radical (unpaired) electrons. The molecule has 102 valence electrons. The van der Waals surface area contributed by atoms with Crippen LogP contribution in [-0.2, 0) is 6.42 Å². The number of aryl methyl sites for hydroxylation is 1. The van der Waals surface area contributed by atoms with Gasteiger partial charge in [-0.05, 0) is 30.9 Å². The van der Waals surface area contributed by atoms with Crippen molar-refractivity contribution in [2.45, 2.75) is 25.8 Å². The average molecular weight is 277 g/mol. The van der Waals surface area contributed by atoms with E-state index in [4.69, 9.17) is 10.3 Å². The zero-order valence-corrected chi connectivity index (χ0v) is 12.1. The van der Waals surface area contributed by atoms with Crippen LogP contribution >= 0.6 is 11.8 Å². The summed E-state index contributed by atoms with van der Waals surface area (Å²) in [5.41, 5.74) is 8.42. The second kappa shape index (κ2) is 6.73. The quantitative estimate of drug-likeness (QED) is 0.879. The third-order valence-corrected chi connectivity index (χ3v) is 3.52. The van der Waals surface area contributed by atoms with Gasteiger partial charge in [0.2, 0.25) is 5.89 Å². The fourth-order valence-corrected chi connectivity index (χ4v) is 2.35. The average Bonchev–Trinajstić information content (AvgIpc) is 2.84. The third kappa shape index (κ3) is 4.08. The molecule has 1 atom stereocenters. The van der Waals surface area contributed by atoms with Gasteiger partial charge in [-0.1, -0.05) is 35.0 Å². The van der Waals surface area contributed by atoms with Gasteiger partial charge in [-0.25, -0.2) is 0 Å². The molecule has 0 spiro atoms. The highest BCUT2D eigenvalue weighted by Gasteiger charge is 2.14. The predicted molar refractivity (Wildman–Crippen MR) is 78.2 cm³/mol.